The van der Waals surface area contributed by atoms with E-state index in [1.807, 2.05) is 249 Å². The topological polar surface area (TPSA) is 175 Å². The number of pyridine rings is 6. The molecular formula is C106H104N16O5. The molecule has 16 heterocycles. The van der Waals surface area contributed by atoms with Crippen LogP contribution >= 0.6 is 0 Å². The Hall–Kier alpha value is -14.6. The fourth-order valence-corrected chi connectivity index (χ4v) is 19.2. The summed E-state index contributed by atoms with van der Waals surface area (Å²) in [6.45, 7) is 17.1. The molecule has 11 aromatic heterocycles. The third kappa shape index (κ3) is 13.2. The van der Waals surface area contributed by atoms with Crippen LogP contribution in [-0.2, 0) is 0 Å². The number of hydrogen-bond acceptors (Lipinski definition) is 21. The molecule has 0 N–H and O–H groups in total. The van der Waals surface area contributed by atoms with Crippen LogP contribution in [0.15, 0.2) is 278 Å². The highest BCUT2D eigenvalue weighted by atomic mass is 16.4. The van der Waals surface area contributed by atoms with E-state index in [2.05, 4.69) is 93.7 Å². The summed E-state index contributed by atoms with van der Waals surface area (Å²) in [7, 11) is 0. The van der Waals surface area contributed by atoms with E-state index in [0.29, 0.717) is 68.2 Å². The van der Waals surface area contributed by atoms with Crippen LogP contribution in [0.2, 0.25) is 0 Å². The quantitative estimate of drug-likeness (QED) is 0.140. The number of furan rings is 5. The Bertz CT molecular complexity index is 7750. The Morgan fingerprint density at radius 3 is 0.961 bits per heavy atom. The molecular weight excluding hydrogens is 1580 g/mol. The molecule has 5 aliphatic rings. The first-order valence-electron chi connectivity index (χ1n) is 50.0. The highest BCUT2D eigenvalue weighted by Crippen LogP contribution is 2.54. The second-order valence-electron chi connectivity index (χ2n) is 33.0. The molecule has 0 saturated carbocycles. The van der Waals surface area contributed by atoms with Crippen LogP contribution in [0.25, 0.3) is 110 Å². The van der Waals surface area contributed by atoms with E-state index in [1.54, 1.807) is 65.3 Å². The second kappa shape index (κ2) is 31.9. The van der Waals surface area contributed by atoms with Gasteiger partial charge in [0.1, 0.15) is 30.8 Å². The minimum absolute atomic E-state index is 0.0182. The van der Waals surface area contributed by atoms with Gasteiger partial charge in [0.05, 0.1) is 72.4 Å². The Morgan fingerprint density at radius 1 is 0.283 bits per heavy atom. The average Bonchev–Trinajstić information content (AvgIpc) is 1.56. The summed E-state index contributed by atoms with van der Waals surface area (Å²) in [5.41, 5.74) is 22.0. The number of hydrogen-bond donors (Lipinski definition) is 0. The Kier molecular flexibility index (Phi) is 16.3. The van der Waals surface area contributed by atoms with Gasteiger partial charge in [0, 0.05) is 152 Å². The lowest BCUT2D eigenvalue weighted by Gasteiger charge is -2.33. The van der Waals surface area contributed by atoms with Crippen LogP contribution in [0.4, 0.5) is 74.1 Å². The molecule has 7 atom stereocenters. The van der Waals surface area contributed by atoms with Crippen molar-refractivity contribution in [1.29, 1.82) is 0 Å². The van der Waals surface area contributed by atoms with Gasteiger partial charge in [0.15, 0.2) is 33.7 Å². The lowest BCUT2D eigenvalue weighted by Crippen LogP contribution is -2.42. The Labute approximate surface area is 759 Å². The maximum absolute atomic E-state index is 8.80. The van der Waals surface area contributed by atoms with Gasteiger partial charge in [-0.1, -0.05) is 97.1 Å². The number of aromatic nitrogens is 6. The molecule has 0 fully saturated rings. The van der Waals surface area contributed by atoms with Gasteiger partial charge in [-0.2, -0.15) is 0 Å². The molecule has 0 aliphatic carbocycles. The molecule has 19 aromatic rings. The zero-order valence-corrected chi connectivity index (χ0v) is 72.8. The minimum Gasteiger partial charge on any atom is -0.435 e. The Morgan fingerprint density at radius 2 is 0.583 bits per heavy atom. The van der Waals surface area contributed by atoms with Gasteiger partial charge in [0.2, 0.25) is 28.6 Å². The zero-order chi connectivity index (χ0) is 101. The van der Waals surface area contributed by atoms with E-state index >= 15 is 0 Å². The molecule has 127 heavy (non-hydrogen) atoms. The van der Waals surface area contributed by atoms with Gasteiger partial charge in [-0.15, -0.1) is 0 Å². The lowest BCUT2D eigenvalue weighted by atomic mass is 10.1. The maximum Gasteiger partial charge on any atom is 0.227 e. The summed E-state index contributed by atoms with van der Waals surface area (Å²) in [5, 5.41) is 9.68. The van der Waals surface area contributed by atoms with Crippen molar-refractivity contribution in [3.63, 3.8) is 0 Å². The van der Waals surface area contributed by atoms with Gasteiger partial charge in [-0.05, 0) is 248 Å². The van der Waals surface area contributed by atoms with Crippen molar-refractivity contribution in [1.82, 2.24) is 34.8 Å². The number of nitrogens with zero attached hydrogens (tertiary/aromatic N) is 16. The van der Waals surface area contributed by atoms with Crippen molar-refractivity contribution in [2.45, 2.75) is 160 Å². The molecule has 5 aliphatic heterocycles. The highest BCUT2D eigenvalue weighted by molar-refractivity contribution is 6.15. The minimum atomic E-state index is -2.49. The molecule has 21 nitrogen and oxygen atoms in total. The monoisotopic (exact) mass is 1700 g/mol. The SMILES string of the molecule is [2H]C(C)(C)N1c2ccccc2N(c2c(C)ccc3c2oc2ncccc23)C1C.[2H]C([2H])([2H])C([2H])(C)N1C=CN(c2c(C)ccc3c2oc2ncccc23)C1C.[2H]C([2H])([2H])C([2H])(C)N1c2ccccc2N(c2c(C)ccc3c2oc2ncccc23)C1C.[2H]C([2H])([2H])N1c2ccccc2N(c2c(C)ccc3c2oc2ncccc23)C1C.[2H]C([2H])([2H])N1c2cccnc2N(c2c(C)ccc3c2oc2ncccc23)C1C. The van der Waals surface area contributed by atoms with E-state index < -0.39 is 64.2 Å². The normalized spacial score (nSPS) is 20.1. The van der Waals surface area contributed by atoms with Crippen LogP contribution < -0.4 is 44.1 Å². The summed E-state index contributed by atoms with van der Waals surface area (Å²) in [6.07, 6.45) is 12.1. The molecule has 21 heteroatoms. The number of benzene rings is 8. The first kappa shape index (κ1) is 65.1. The van der Waals surface area contributed by atoms with E-state index in [1.165, 1.54) is 23.6 Å². The molecule has 0 saturated heterocycles. The van der Waals surface area contributed by atoms with Gasteiger partial charge < -0.3 is 71.1 Å². The molecule has 0 amide bonds. The third-order valence-electron chi connectivity index (χ3n) is 25.1. The largest absolute Gasteiger partial charge is 0.435 e. The van der Waals surface area contributed by atoms with Crippen LogP contribution in [-0.4, -0.2) is 97.6 Å². The average molecular weight is 1700 g/mol. The van der Waals surface area contributed by atoms with Crippen LogP contribution in [0.1, 0.15) is 124 Å². The van der Waals surface area contributed by atoms with Crippen molar-refractivity contribution in [2.75, 3.05) is 58.1 Å². The third-order valence-corrected chi connectivity index (χ3v) is 25.1. The van der Waals surface area contributed by atoms with Gasteiger partial charge >= 0.3 is 0 Å². The fourth-order valence-electron chi connectivity index (χ4n) is 19.2. The van der Waals surface area contributed by atoms with E-state index in [-0.39, 0.29) is 12.3 Å². The number of fused-ring (bicyclic) bond motifs is 19. The van der Waals surface area contributed by atoms with Gasteiger partial charge in [0.25, 0.3) is 0 Å². The summed E-state index contributed by atoms with van der Waals surface area (Å²) < 4.78 is 152. The smallest absolute Gasteiger partial charge is 0.227 e. The van der Waals surface area contributed by atoms with E-state index in [4.69, 9.17) is 42.6 Å². The molecule has 24 rings (SSSR count). The first-order valence-corrected chi connectivity index (χ1v) is 42.5. The predicted molar refractivity (Wildman–Crippen MR) is 521 cm³/mol. The van der Waals surface area contributed by atoms with Crippen LogP contribution in [0.3, 0.4) is 0 Å². The maximum atomic E-state index is 8.80. The summed E-state index contributed by atoms with van der Waals surface area (Å²) >= 11 is 0. The summed E-state index contributed by atoms with van der Waals surface area (Å²) in [6, 6.07) is 62.7. The standard InChI is InChI=1S/2C23H23N3O.C21H19N3O.C20H18N4O.C19H21N3O/c2*1-14(2)25-16(4)26(20-10-6-5-9-19(20)25)21-15(3)11-12-17-18-8-7-13-24-23(18)27-22(17)21;1-13-10-11-15-16-7-6-12-22-21(16)25-20(15)19(13)24-14(2)23(3)17-8-4-5-9-18(17)24;1-12-8-9-14-15-6-4-11-22-20(15)25-18(14)17(12)24-13(2)23(3)16-7-5-10-21-19(16)24;1-12(2)21-10-11-22(14(21)4)17-13(3)7-8-15-16-6-5-9-20-19(16)23-18(15)17/h2*5-14,16H,1-4H3;4-12,14H,1-3H3;4-11,13H,1-3H3;5-12,14H,1-4H3/i1D3,14D;14D;2*3D3;1D3,12D. The molecule has 0 radical (unpaired) electrons. The van der Waals surface area contributed by atoms with Crippen molar-refractivity contribution in [2.24, 2.45) is 0 Å². The number of rotatable bonds is 8. The molecule has 0 bridgehead atoms. The van der Waals surface area contributed by atoms with Crippen molar-refractivity contribution in [3.8, 4) is 0 Å². The Balaban J connectivity index is 0.000000109. The molecule has 7 unspecified atom stereocenters. The number of para-hydroxylation sites is 6. The number of anilines is 13. The fraction of sp³-hybridized carbons (Fsp3) is 0.245. The van der Waals surface area contributed by atoms with E-state index in [0.717, 1.165) is 144 Å². The van der Waals surface area contributed by atoms with Crippen LogP contribution in [0, 0.1) is 34.6 Å². The molecule has 638 valence electrons. The van der Waals surface area contributed by atoms with Gasteiger partial charge in [-0.25, -0.2) is 29.9 Å². The van der Waals surface area contributed by atoms with Crippen molar-refractivity contribution < 1.29 is 42.6 Å². The number of aryl methyl sites for hydroxylation is 5. The van der Waals surface area contributed by atoms with E-state index in [9.17, 15) is 0 Å². The summed E-state index contributed by atoms with van der Waals surface area (Å²) in [4.78, 5) is 44.9. The predicted octanol–water partition coefficient (Wildman–Crippen LogP) is 26.5. The van der Waals surface area contributed by atoms with Crippen molar-refractivity contribution >= 4 is 184 Å². The van der Waals surface area contributed by atoms with Crippen LogP contribution in [0.5, 0.6) is 0 Å². The molecule has 8 aromatic carbocycles. The van der Waals surface area contributed by atoms with Crippen molar-refractivity contribution in [3.05, 3.63) is 284 Å². The summed E-state index contributed by atoms with van der Waals surface area (Å²) in [5.74, 6) is 0.607. The second-order valence-corrected chi connectivity index (χ2v) is 33.0. The van der Waals surface area contributed by atoms with Gasteiger partial charge in [-0.3, -0.25) is 0 Å². The zero-order valence-electron chi connectivity index (χ0n) is 87.8. The highest BCUT2D eigenvalue weighted by Gasteiger charge is 2.42. The first-order chi connectivity index (χ1) is 67.4. The lowest BCUT2D eigenvalue weighted by molar-refractivity contribution is 0.263. The molecule has 0 spiro atoms.